The second-order valence-electron chi connectivity index (χ2n) is 6.00. The van der Waals surface area contributed by atoms with Crippen molar-refractivity contribution in [3.8, 4) is 0 Å². The zero-order chi connectivity index (χ0) is 18.7. The molecule has 0 aliphatic carbocycles. The van der Waals surface area contributed by atoms with Crippen molar-refractivity contribution >= 4 is 40.7 Å². The van der Waals surface area contributed by atoms with Crippen LogP contribution in [0, 0.1) is 5.92 Å². The molecular formula is C19H18ClN3O3. The molecule has 2 aromatic rings. The molecule has 3 rings (SSSR count). The summed E-state index contributed by atoms with van der Waals surface area (Å²) in [5.41, 5.74) is 1.47. The second kappa shape index (κ2) is 7.58. The summed E-state index contributed by atoms with van der Waals surface area (Å²) in [5, 5.41) is 5.84. The van der Waals surface area contributed by atoms with Gasteiger partial charge in [-0.2, -0.15) is 0 Å². The number of para-hydroxylation sites is 1. The van der Waals surface area contributed by atoms with Crippen LogP contribution >= 0.6 is 11.6 Å². The number of amides is 3. The number of carbonyl (C=O) groups excluding carboxylic acids is 3. The lowest BCUT2D eigenvalue weighted by Gasteiger charge is -2.17. The van der Waals surface area contributed by atoms with Crippen molar-refractivity contribution in [2.24, 2.45) is 5.92 Å². The summed E-state index contributed by atoms with van der Waals surface area (Å²) in [5.74, 6) is -1.21. The van der Waals surface area contributed by atoms with Gasteiger partial charge in [-0.25, -0.2) is 0 Å². The van der Waals surface area contributed by atoms with Crippen LogP contribution in [0.1, 0.15) is 16.8 Å². The minimum absolute atomic E-state index is 0.112. The molecule has 2 aromatic carbocycles. The monoisotopic (exact) mass is 371 g/mol. The van der Waals surface area contributed by atoms with E-state index < -0.39 is 5.92 Å². The van der Waals surface area contributed by atoms with E-state index >= 15 is 0 Å². The maximum Gasteiger partial charge on any atom is 0.253 e. The van der Waals surface area contributed by atoms with Crippen molar-refractivity contribution in [3.05, 3.63) is 59.1 Å². The molecule has 7 heteroatoms. The number of nitrogens with zero attached hydrogens (tertiary/aromatic N) is 1. The maximum atomic E-state index is 12.6. The molecule has 1 heterocycles. The normalized spacial score (nSPS) is 16.5. The van der Waals surface area contributed by atoms with Gasteiger partial charge in [-0.1, -0.05) is 29.8 Å². The molecule has 1 saturated heterocycles. The quantitative estimate of drug-likeness (QED) is 0.867. The van der Waals surface area contributed by atoms with E-state index in [-0.39, 0.29) is 30.7 Å². The summed E-state index contributed by atoms with van der Waals surface area (Å²) in [4.78, 5) is 38.4. The Bertz CT molecular complexity index is 869. The molecule has 0 unspecified atom stereocenters. The topological polar surface area (TPSA) is 78.5 Å². The Hall–Kier alpha value is -2.86. The Labute approximate surface area is 156 Å². The summed E-state index contributed by atoms with van der Waals surface area (Å²) in [6.07, 6.45) is 0.112. The van der Waals surface area contributed by atoms with Gasteiger partial charge in [0.15, 0.2) is 0 Å². The number of anilines is 2. The molecule has 1 fully saturated rings. The number of halogens is 1. The number of benzene rings is 2. The first kappa shape index (κ1) is 17.9. The highest BCUT2D eigenvalue weighted by atomic mass is 35.5. The van der Waals surface area contributed by atoms with Gasteiger partial charge in [0.05, 0.1) is 17.2 Å². The predicted molar refractivity (Wildman–Crippen MR) is 100 cm³/mol. The van der Waals surface area contributed by atoms with Gasteiger partial charge < -0.3 is 15.5 Å². The van der Waals surface area contributed by atoms with Crippen LogP contribution in [0.2, 0.25) is 5.02 Å². The van der Waals surface area contributed by atoms with Crippen LogP contribution in [-0.2, 0) is 9.59 Å². The average molecular weight is 372 g/mol. The van der Waals surface area contributed by atoms with Gasteiger partial charge in [0, 0.05) is 30.7 Å². The Balaban J connectivity index is 1.74. The summed E-state index contributed by atoms with van der Waals surface area (Å²) in [7, 11) is 1.53. The maximum absolute atomic E-state index is 12.6. The number of hydrogen-bond donors (Lipinski definition) is 2. The van der Waals surface area contributed by atoms with E-state index in [1.54, 1.807) is 53.4 Å². The van der Waals surface area contributed by atoms with E-state index in [4.69, 9.17) is 11.6 Å². The lowest BCUT2D eigenvalue weighted by Crippen LogP contribution is -2.29. The fourth-order valence-corrected chi connectivity index (χ4v) is 3.12. The fraction of sp³-hybridized carbons (Fsp3) is 0.211. The van der Waals surface area contributed by atoms with Crippen LogP contribution in [0.4, 0.5) is 11.4 Å². The molecule has 0 bridgehead atoms. The Morgan fingerprint density at radius 2 is 1.92 bits per heavy atom. The highest BCUT2D eigenvalue weighted by molar-refractivity contribution is 6.31. The number of hydrogen-bond acceptors (Lipinski definition) is 3. The van der Waals surface area contributed by atoms with Gasteiger partial charge in [0.1, 0.15) is 0 Å². The SMILES string of the molecule is CNC(=O)c1ccccc1NC(=O)[C@@H]1CC(=O)N(c2cccc(Cl)c2)C1. The molecule has 1 aliphatic heterocycles. The van der Waals surface area contributed by atoms with Gasteiger partial charge in [0.2, 0.25) is 11.8 Å². The lowest BCUT2D eigenvalue weighted by molar-refractivity contribution is -0.122. The average Bonchev–Trinajstić information content (AvgIpc) is 3.03. The predicted octanol–water partition coefficient (Wildman–Crippen LogP) is 2.69. The minimum atomic E-state index is -0.501. The minimum Gasteiger partial charge on any atom is -0.355 e. The van der Waals surface area contributed by atoms with E-state index in [1.807, 2.05) is 0 Å². The third-order valence-corrected chi connectivity index (χ3v) is 4.51. The van der Waals surface area contributed by atoms with Gasteiger partial charge >= 0.3 is 0 Å². The molecule has 6 nitrogen and oxygen atoms in total. The fourth-order valence-electron chi connectivity index (χ4n) is 2.94. The van der Waals surface area contributed by atoms with Crippen LogP contribution in [0.3, 0.4) is 0 Å². The van der Waals surface area contributed by atoms with Crippen LogP contribution in [-0.4, -0.2) is 31.3 Å². The first-order chi connectivity index (χ1) is 12.5. The van der Waals surface area contributed by atoms with Crippen molar-refractivity contribution in [3.63, 3.8) is 0 Å². The third kappa shape index (κ3) is 3.70. The molecule has 0 radical (unpaired) electrons. The van der Waals surface area contributed by atoms with Crippen LogP contribution in [0.15, 0.2) is 48.5 Å². The molecule has 2 N–H and O–H groups in total. The summed E-state index contributed by atoms with van der Waals surface area (Å²) >= 11 is 5.98. The van der Waals surface area contributed by atoms with E-state index in [2.05, 4.69) is 10.6 Å². The van der Waals surface area contributed by atoms with Crippen molar-refractivity contribution in [2.45, 2.75) is 6.42 Å². The molecule has 3 amide bonds. The highest BCUT2D eigenvalue weighted by Crippen LogP contribution is 2.28. The Kier molecular flexibility index (Phi) is 5.23. The van der Waals surface area contributed by atoms with Crippen LogP contribution in [0.25, 0.3) is 0 Å². The first-order valence-electron chi connectivity index (χ1n) is 8.17. The smallest absolute Gasteiger partial charge is 0.253 e. The van der Waals surface area contributed by atoms with E-state index in [1.165, 1.54) is 7.05 Å². The van der Waals surface area contributed by atoms with E-state index in [9.17, 15) is 14.4 Å². The zero-order valence-corrected chi connectivity index (χ0v) is 14.9. The van der Waals surface area contributed by atoms with E-state index in [0.29, 0.717) is 22.0 Å². The summed E-state index contributed by atoms with van der Waals surface area (Å²) in [6.45, 7) is 0.271. The Morgan fingerprint density at radius 1 is 1.15 bits per heavy atom. The summed E-state index contributed by atoms with van der Waals surface area (Å²) < 4.78 is 0. The third-order valence-electron chi connectivity index (χ3n) is 4.27. The first-order valence-corrected chi connectivity index (χ1v) is 8.55. The highest BCUT2D eigenvalue weighted by Gasteiger charge is 2.35. The second-order valence-corrected chi connectivity index (χ2v) is 6.44. The van der Waals surface area contributed by atoms with E-state index in [0.717, 1.165) is 0 Å². The molecule has 1 aliphatic rings. The molecule has 0 aromatic heterocycles. The van der Waals surface area contributed by atoms with Gasteiger partial charge in [-0.15, -0.1) is 0 Å². The number of nitrogens with one attached hydrogen (secondary N) is 2. The lowest BCUT2D eigenvalue weighted by atomic mass is 10.1. The van der Waals surface area contributed by atoms with Crippen molar-refractivity contribution in [1.82, 2.24) is 5.32 Å². The molecule has 26 heavy (non-hydrogen) atoms. The molecule has 134 valence electrons. The van der Waals surface area contributed by atoms with Crippen molar-refractivity contribution in [2.75, 3.05) is 23.8 Å². The Morgan fingerprint density at radius 3 is 2.65 bits per heavy atom. The molecular weight excluding hydrogens is 354 g/mol. The van der Waals surface area contributed by atoms with Gasteiger partial charge in [-0.3, -0.25) is 14.4 Å². The zero-order valence-electron chi connectivity index (χ0n) is 14.2. The number of carbonyl (C=O) groups is 3. The molecule has 0 saturated carbocycles. The van der Waals surface area contributed by atoms with Gasteiger partial charge in [0.25, 0.3) is 5.91 Å². The largest absolute Gasteiger partial charge is 0.355 e. The van der Waals surface area contributed by atoms with Crippen molar-refractivity contribution < 1.29 is 14.4 Å². The number of rotatable bonds is 4. The van der Waals surface area contributed by atoms with Crippen molar-refractivity contribution in [1.29, 1.82) is 0 Å². The van der Waals surface area contributed by atoms with Gasteiger partial charge in [-0.05, 0) is 30.3 Å². The van der Waals surface area contributed by atoms with Crippen LogP contribution < -0.4 is 15.5 Å². The van der Waals surface area contributed by atoms with Crippen LogP contribution in [0.5, 0.6) is 0 Å². The summed E-state index contributed by atoms with van der Waals surface area (Å²) in [6, 6.07) is 13.7. The standard InChI is InChI=1S/C19H18ClN3O3/c1-21-19(26)15-7-2-3-8-16(15)22-18(25)12-9-17(24)23(11-12)14-6-4-5-13(20)10-14/h2-8,10,12H,9,11H2,1H3,(H,21,26)(H,22,25)/t12-/m1/s1. The molecule has 1 atom stereocenters. The molecule has 0 spiro atoms.